The SMILES string of the molecule is Cn1c2cc3c(cc2c2c4c(ccc21)C(C)(C)c1ccccc1-4)oc1ccccc13. The molecule has 0 fully saturated rings. The summed E-state index contributed by atoms with van der Waals surface area (Å²) in [7, 11) is 2.18. The van der Waals surface area contributed by atoms with Crippen LogP contribution in [0.2, 0.25) is 0 Å². The van der Waals surface area contributed by atoms with Crippen molar-refractivity contribution >= 4 is 43.7 Å². The Hall–Kier alpha value is -3.52. The van der Waals surface area contributed by atoms with Crippen LogP contribution in [0.25, 0.3) is 54.9 Å². The molecular weight excluding hydrogens is 366 g/mol. The molecule has 0 atom stereocenters. The van der Waals surface area contributed by atoms with Gasteiger partial charge in [-0.2, -0.15) is 0 Å². The van der Waals surface area contributed by atoms with E-state index in [9.17, 15) is 0 Å². The molecule has 2 heterocycles. The van der Waals surface area contributed by atoms with Gasteiger partial charge in [-0.05, 0) is 46.5 Å². The fourth-order valence-corrected chi connectivity index (χ4v) is 5.70. The van der Waals surface area contributed by atoms with Gasteiger partial charge < -0.3 is 8.98 Å². The molecule has 0 amide bonds. The summed E-state index contributed by atoms with van der Waals surface area (Å²) in [6, 6.07) is 26.4. The number of hydrogen-bond donors (Lipinski definition) is 0. The first-order valence-corrected chi connectivity index (χ1v) is 10.5. The molecule has 2 aromatic heterocycles. The van der Waals surface area contributed by atoms with Crippen molar-refractivity contribution in [3.8, 4) is 11.1 Å². The molecule has 0 unspecified atom stereocenters. The Kier molecular flexibility index (Phi) is 2.79. The van der Waals surface area contributed by atoms with Gasteiger partial charge in [-0.15, -0.1) is 0 Å². The maximum atomic E-state index is 6.24. The van der Waals surface area contributed by atoms with Gasteiger partial charge in [0.05, 0.1) is 0 Å². The van der Waals surface area contributed by atoms with Crippen molar-refractivity contribution in [2.45, 2.75) is 19.3 Å². The summed E-state index contributed by atoms with van der Waals surface area (Å²) in [6.45, 7) is 4.68. The predicted octanol–water partition coefficient (Wildman–Crippen LogP) is 7.54. The van der Waals surface area contributed by atoms with E-state index in [1.54, 1.807) is 0 Å². The standard InChI is InChI=1S/C28H21NO/c1-28(2)20-10-6-4-9-17(20)26-21(28)12-13-22-27(26)19-15-25-18(14-23(19)29(22)3)16-8-5-7-11-24(16)30-25/h4-15H,1-3H3. The van der Waals surface area contributed by atoms with E-state index in [1.807, 2.05) is 6.07 Å². The lowest BCUT2D eigenvalue weighted by molar-refractivity contribution is 0.661. The van der Waals surface area contributed by atoms with Gasteiger partial charge in [0, 0.05) is 45.0 Å². The number of benzene rings is 4. The Bertz CT molecular complexity index is 1680. The molecule has 4 aromatic carbocycles. The number of nitrogens with zero attached hydrogens (tertiary/aromatic N) is 1. The molecule has 2 heteroatoms. The van der Waals surface area contributed by atoms with Crippen LogP contribution in [0.1, 0.15) is 25.0 Å². The highest BCUT2D eigenvalue weighted by Gasteiger charge is 2.37. The zero-order valence-corrected chi connectivity index (χ0v) is 17.3. The molecule has 0 radical (unpaired) electrons. The maximum Gasteiger partial charge on any atom is 0.136 e. The zero-order chi connectivity index (χ0) is 20.2. The number of aryl methyl sites for hydroxylation is 1. The summed E-state index contributed by atoms with van der Waals surface area (Å²) in [6.07, 6.45) is 0. The minimum absolute atomic E-state index is 0.00570. The first-order valence-electron chi connectivity index (χ1n) is 10.5. The van der Waals surface area contributed by atoms with E-state index in [1.165, 1.54) is 54.8 Å². The first-order chi connectivity index (χ1) is 14.6. The van der Waals surface area contributed by atoms with E-state index in [0.29, 0.717) is 0 Å². The van der Waals surface area contributed by atoms with Crippen LogP contribution in [0.5, 0.6) is 0 Å². The number of fused-ring (bicyclic) bond motifs is 10. The lowest BCUT2D eigenvalue weighted by Gasteiger charge is -2.21. The Morgan fingerprint density at radius 1 is 0.700 bits per heavy atom. The molecule has 30 heavy (non-hydrogen) atoms. The van der Waals surface area contributed by atoms with E-state index < -0.39 is 0 Å². The highest BCUT2D eigenvalue weighted by atomic mass is 16.3. The fraction of sp³-hybridized carbons (Fsp3) is 0.143. The third-order valence-corrected chi connectivity index (χ3v) is 7.21. The summed E-state index contributed by atoms with van der Waals surface area (Å²) in [5, 5.41) is 4.96. The first kappa shape index (κ1) is 16.3. The number of aromatic nitrogens is 1. The van der Waals surface area contributed by atoms with Crippen molar-refractivity contribution < 1.29 is 4.42 Å². The van der Waals surface area contributed by atoms with E-state index >= 15 is 0 Å². The van der Waals surface area contributed by atoms with Gasteiger partial charge in [0.15, 0.2) is 0 Å². The van der Waals surface area contributed by atoms with Gasteiger partial charge in [-0.1, -0.05) is 62.4 Å². The average molecular weight is 387 g/mol. The third-order valence-electron chi connectivity index (χ3n) is 7.21. The summed E-state index contributed by atoms with van der Waals surface area (Å²) < 4.78 is 8.57. The van der Waals surface area contributed by atoms with Gasteiger partial charge in [0.25, 0.3) is 0 Å². The van der Waals surface area contributed by atoms with Crippen LogP contribution in [-0.4, -0.2) is 4.57 Å². The second kappa shape index (κ2) is 5.14. The van der Waals surface area contributed by atoms with Crippen LogP contribution < -0.4 is 0 Å². The number of rotatable bonds is 0. The zero-order valence-electron chi connectivity index (χ0n) is 17.3. The molecular formula is C28H21NO. The quantitative estimate of drug-likeness (QED) is 0.263. The van der Waals surface area contributed by atoms with Crippen molar-refractivity contribution in [3.05, 3.63) is 83.9 Å². The van der Waals surface area contributed by atoms with Crippen LogP contribution in [0.15, 0.2) is 77.2 Å². The Morgan fingerprint density at radius 2 is 1.50 bits per heavy atom. The van der Waals surface area contributed by atoms with Crippen molar-refractivity contribution in [1.29, 1.82) is 0 Å². The molecule has 0 N–H and O–H groups in total. The molecule has 0 saturated heterocycles. The van der Waals surface area contributed by atoms with Crippen LogP contribution in [0.4, 0.5) is 0 Å². The fourth-order valence-electron chi connectivity index (χ4n) is 5.70. The molecule has 1 aliphatic rings. The minimum Gasteiger partial charge on any atom is -0.456 e. The lowest BCUT2D eigenvalue weighted by atomic mass is 9.82. The van der Waals surface area contributed by atoms with E-state index in [2.05, 4.69) is 92.2 Å². The van der Waals surface area contributed by atoms with Crippen molar-refractivity contribution in [3.63, 3.8) is 0 Å². The minimum atomic E-state index is 0.00570. The number of furan rings is 1. The molecule has 0 saturated carbocycles. The van der Waals surface area contributed by atoms with Crippen molar-refractivity contribution in [2.24, 2.45) is 7.05 Å². The molecule has 7 rings (SSSR count). The van der Waals surface area contributed by atoms with Crippen molar-refractivity contribution in [2.75, 3.05) is 0 Å². The molecule has 144 valence electrons. The topological polar surface area (TPSA) is 18.1 Å². The highest BCUT2D eigenvalue weighted by Crippen LogP contribution is 2.53. The van der Waals surface area contributed by atoms with Gasteiger partial charge in [-0.3, -0.25) is 0 Å². The van der Waals surface area contributed by atoms with Gasteiger partial charge >= 0.3 is 0 Å². The lowest BCUT2D eigenvalue weighted by Crippen LogP contribution is -2.14. The van der Waals surface area contributed by atoms with Crippen LogP contribution in [0.3, 0.4) is 0 Å². The average Bonchev–Trinajstić information content (AvgIpc) is 3.34. The van der Waals surface area contributed by atoms with Crippen molar-refractivity contribution in [1.82, 2.24) is 4.57 Å². The number of hydrogen-bond acceptors (Lipinski definition) is 1. The normalized spacial score (nSPS) is 14.8. The van der Waals surface area contributed by atoms with E-state index in [-0.39, 0.29) is 5.41 Å². The van der Waals surface area contributed by atoms with E-state index in [0.717, 1.165) is 11.2 Å². The molecule has 0 bridgehead atoms. The Labute approximate surface area is 174 Å². The highest BCUT2D eigenvalue weighted by molar-refractivity contribution is 6.21. The summed E-state index contributed by atoms with van der Waals surface area (Å²) in [5.74, 6) is 0. The number of para-hydroxylation sites is 1. The Balaban J connectivity index is 1.71. The maximum absolute atomic E-state index is 6.24. The second-order valence-corrected chi connectivity index (χ2v) is 9.08. The summed E-state index contributed by atoms with van der Waals surface area (Å²) in [5.41, 5.74) is 10.00. The van der Waals surface area contributed by atoms with Crippen LogP contribution in [0, 0.1) is 0 Å². The van der Waals surface area contributed by atoms with E-state index in [4.69, 9.17) is 4.42 Å². The van der Waals surface area contributed by atoms with Crippen LogP contribution in [-0.2, 0) is 12.5 Å². The predicted molar refractivity (Wildman–Crippen MR) is 125 cm³/mol. The molecule has 0 spiro atoms. The third kappa shape index (κ3) is 1.76. The van der Waals surface area contributed by atoms with Gasteiger partial charge in [0.1, 0.15) is 11.2 Å². The monoisotopic (exact) mass is 387 g/mol. The smallest absolute Gasteiger partial charge is 0.136 e. The summed E-state index contributed by atoms with van der Waals surface area (Å²) >= 11 is 0. The van der Waals surface area contributed by atoms with Gasteiger partial charge in [-0.25, -0.2) is 0 Å². The molecule has 1 aliphatic carbocycles. The largest absolute Gasteiger partial charge is 0.456 e. The molecule has 2 nitrogen and oxygen atoms in total. The Morgan fingerprint density at radius 3 is 2.40 bits per heavy atom. The van der Waals surface area contributed by atoms with Crippen LogP contribution >= 0.6 is 0 Å². The van der Waals surface area contributed by atoms with Gasteiger partial charge in [0.2, 0.25) is 0 Å². The molecule has 0 aliphatic heterocycles. The second-order valence-electron chi connectivity index (χ2n) is 9.08. The molecule has 6 aromatic rings. The summed E-state index contributed by atoms with van der Waals surface area (Å²) in [4.78, 5) is 0.